The minimum atomic E-state index is -4.94. The number of benzene rings is 2. The Morgan fingerprint density at radius 1 is 0.893 bits per heavy atom. The first kappa shape index (κ1) is 19.5. The second-order valence-corrected chi connectivity index (χ2v) is 5.64. The van der Waals surface area contributed by atoms with Gasteiger partial charge in [-0.15, -0.1) is 10.2 Å². The molecule has 0 saturated carbocycles. The zero-order valence-corrected chi connectivity index (χ0v) is 14.1. The van der Waals surface area contributed by atoms with Crippen LogP contribution >= 0.6 is 0 Å². The molecule has 1 aromatic heterocycles. The Morgan fingerprint density at radius 3 is 1.96 bits per heavy atom. The number of aromatic nitrogens is 3. The van der Waals surface area contributed by atoms with Gasteiger partial charge in [0.15, 0.2) is 0 Å². The van der Waals surface area contributed by atoms with Crippen molar-refractivity contribution in [3.05, 3.63) is 59.9 Å². The van der Waals surface area contributed by atoms with Crippen molar-refractivity contribution in [2.75, 3.05) is 12.4 Å². The van der Waals surface area contributed by atoms with Crippen molar-refractivity contribution < 1.29 is 31.1 Å². The number of alkyl halides is 6. The van der Waals surface area contributed by atoms with E-state index in [0.717, 1.165) is 0 Å². The number of hydrogen-bond acceptors (Lipinski definition) is 4. The molecule has 11 heteroatoms. The van der Waals surface area contributed by atoms with Crippen LogP contribution in [-0.4, -0.2) is 21.9 Å². The van der Waals surface area contributed by atoms with Crippen molar-refractivity contribution in [3.63, 3.8) is 0 Å². The molecule has 0 amide bonds. The summed E-state index contributed by atoms with van der Waals surface area (Å²) in [6.45, 7) is 0. The van der Waals surface area contributed by atoms with E-state index < -0.39 is 29.2 Å². The summed E-state index contributed by atoms with van der Waals surface area (Å²) >= 11 is 0. The molecule has 0 bridgehead atoms. The van der Waals surface area contributed by atoms with Crippen LogP contribution in [0.5, 0.6) is 5.75 Å². The molecule has 0 aliphatic heterocycles. The molecule has 1 N–H and O–H groups in total. The van der Waals surface area contributed by atoms with E-state index in [1.54, 1.807) is 24.3 Å². The summed E-state index contributed by atoms with van der Waals surface area (Å²) in [6, 6.07) is 7.71. The molecule has 0 radical (unpaired) electrons. The molecule has 2 aromatic carbocycles. The van der Waals surface area contributed by atoms with Gasteiger partial charge in [0, 0.05) is 5.69 Å². The van der Waals surface area contributed by atoms with Crippen LogP contribution in [0.1, 0.15) is 11.1 Å². The highest BCUT2D eigenvalue weighted by Gasteiger charge is 2.37. The lowest BCUT2D eigenvalue weighted by Gasteiger charge is -2.15. The highest BCUT2D eigenvalue weighted by atomic mass is 19.4. The van der Waals surface area contributed by atoms with Crippen molar-refractivity contribution in [3.8, 4) is 11.4 Å². The molecule has 0 fully saturated rings. The standard InChI is InChI=1S/C17H12F6N4O/c1-28-14-4-2-13(3-5-14)27-9-24-26-15(27)25-12-7-10(16(18,19)20)6-11(8-12)17(21,22)23/h2-9H,1H3,(H,25,26). The summed E-state index contributed by atoms with van der Waals surface area (Å²) in [7, 11) is 1.48. The maximum atomic E-state index is 13.0. The van der Waals surface area contributed by atoms with Crippen LogP contribution in [0.2, 0.25) is 0 Å². The third-order valence-electron chi connectivity index (χ3n) is 3.74. The quantitative estimate of drug-likeness (QED) is 0.620. The average Bonchev–Trinajstić information content (AvgIpc) is 3.08. The number of rotatable bonds is 4. The number of anilines is 2. The molecule has 0 saturated heterocycles. The Balaban J connectivity index is 1.99. The van der Waals surface area contributed by atoms with E-state index in [1.807, 2.05) is 0 Å². The third-order valence-corrected chi connectivity index (χ3v) is 3.74. The Bertz CT molecular complexity index is 931. The summed E-state index contributed by atoms with van der Waals surface area (Å²) in [4.78, 5) is 0. The zero-order valence-electron chi connectivity index (χ0n) is 14.1. The minimum absolute atomic E-state index is 0.0549. The molecular weight excluding hydrogens is 390 g/mol. The molecule has 5 nitrogen and oxygen atoms in total. The second-order valence-electron chi connectivity index (χ2n) is 5.64. The molecule has 3 aromatic rings. The highest BCUT2D eigenvalue weighted by Crippen LogP contribution is 2.38. The number of ether oxygens (including phenoxy) is 1. The van der Waals surface area contributed by atoms with Gasteiger partial charge in [0.2, 0.25) is 5.95 Å². The van der Waals surface area contributed by atoms with Crippen molar-refractivity contribution in [1.29, 1.82) is 0 Å². The number of nitrogens with one attached hydrogen (secondary N) is 1. The van der Waals surface area contributed by atoms with Gasteiger partial charge in [0.05, 0.1) is 23.9 Å². The third kappa shape index (κ3) is 4.18. The molecule has 0 spiro atoms. The first-order valence-corrected chi connectivity index (χ1v) is 7.69. The second kappa shape index (κ2) is 7.06. The van der Waals surface area contributed by atoms with Gasteiger partial charge in [-0.3, -0.25) is 4.57 Å². The van der Waals surface area contributed by atoms with Gasteiger partial charge in [-0.1, -0.05) is 0 Å². The van der Waals surface area contributed by atoms with Crippen LogP contribution in [0.3, 0.4) is 0 Å². The lowest BCUT2D eigenvalue weighted by molar-refractivity contribution is -0.143. The minimum Gasteiger partial charge on any atom is -0.497 e. The lowest BCUT2D eigenvalue weighted by Crippen LogP contribution is -2.12. The topological polar surface area (TPSA) is 52.0 Å². The van der Waals surface area contributed by atoms with E-state index in [4.69, 9.17) is 4.74 Å². The summed E-state index contributed by atoms with van der Waals surface area (Å²) in [6.07, 6.45) is -8.62. The van der Waals surface area contributed by atoms with Crippen LogP contribution in [0.4, 0.5) is 38.0 Å². The average molecular weight is 402 g/mol. The predicted octanol–water partition coefficient (Wildman–Crippen LogP) is 5.06. The number of halogens is 6. The fourth-order valence-corrected chi connectivity index (χ4v) is 2.41. The molecule has 0 aliphatic carbocycles. The SMILES string of the molecule is COc1ccc(-n2cnnc2Nc2cc(C(F)(F)F)cc(C(F)(F)F)c2)cc1. The summed E-state index contributed by atoms with van der Waals surface area (Å²) in [5, 5.41) is 9.84. The van der Waals surface area contributed by atoms with E-state index >= 15 is 0 Å². The fourth-order valence-electron chi connectivity index (χ4n) is 2.41. The summed E-state index contributed by atoms with van der Waals surface area (Å²) in [5.74, 6) is 0.511. The predicted molar refractivity (Wildman–Crippen MR) is 87.6 cm³/mol. The first-order valence-electron chi connectivity index (χ1n) is 7.69. The molecule has 0 aliphatic rings. The van der Waals surface area contributed by atoms with Gasteiger partial charge in [0.25, 0.3) is 0 Å². The molecule has 28 heavy (non-hydrogen) atoms. The van der Waals surface area contributed by atoms with Crippen LogP contribution in [0, 0.1) is 0 Å². The fraction of sp³-hybridized carbons (Fsp3) is 0.176. The smallest absolute Gasteiger partial charge is 0.416 e. The Morgan fingerprint density at radius 2 is 1.46 bits per heavy atom. The van der Waals surface area contributed by atoms with Gasteiger partial charge in [-0.05, 0) is 42.5 Å². The summed E-state index contributed by atoms with van der Waals surface area (Å²) in [5.41, 5.74) is -2.76. The maximum Gasteiger partial charge on any atom is 0.416 e. The Hall–Kier alpha value is -3.24. The van der Waals surface area contributed by atoms with Gasteiger partial charge in [-0.25, -0.2) is 0 Å². The highest BCUT2D eigenvalue weighted by molar-refractivity contribution is 5.59. The number of hydrogen-bond donors (Lipinski definition) is 1. The van der Waals surface area contributed by atoms with Crippen LogP contribution in [-0.2, 0) is 12.4 Å². The summed E-state index contributed by atoms with van der Waals surface area (Å²) < 4.78 is 84.3. The Kier molecular flexibility index (Phi) is 4.92. The van der Waals surface area contributed by atoms with Crippen molar-refractivity contribution in [1.82, 2.24) is 14.8 Å². The zero-order chi connectivity index (χ0) is 20.5. The number of methoxy groups -OCH3 is 1. The molecule has 0 unspecified atom stereocenters. The monoisotopic (exact) mass is 402 g/mol. The van der Waals surface area contributed by atoms with Gasteiger partial charge in [-0.2, -0.15) is 26.3 Å². The van der Waals surface area contributed by atoms with Gasteiger partial charge >= 0.3 is 12.4 Å². The van der Waals surface area contributed by atoms with Gasteiger partial charge in [0.1, 0.15) is 12.1 Å². The molecule has 1 heterocycles. The van der Waals surface area contributed by atoms with E-state index in [2.05, 4.69) is 15.5 Å². The largest absolute Gasteiger partial charge is 0.497 e. The molecule has 0 atom stereocenters. The first-order chi connectivity index (χ1) is 13.1. The van der Waals surface area contributed by atoms with E-state index in [0.29, 0.717) is 23.6 Å². The van der Waals surface area contributed by atoms with E-state index in [-0.39, 0.29) is 12.0 Å². The Labute approximate surface area is 154 Å². The lowest BCUT2D eigenvalue weighted by atomic mass is 10.1. The van der Waals surface area contributed by atoms with Crippen LogP contribution < -0.4 is 10.1 Å². The molecule has 148 valence electrons. The maximum absolute atomic E-state index is 13.0. The van der Waals surface area contributed by atoms with E-state index in [1.165, 1.54) is 18.0 Å². The molecule has 3 rings (SSSR count). The van der Waals surface area contributed by atoms with Gasteiger partial charge < -0.3 is 10.1 Å². The van der Waals surface area contributed by atoms with E-state index in [9.17, 15) is 26.3 Å². The normalized spacial score (nSPS) is 12.1. The van der Waals surface area contributed by atoms with Crippen molar-refractivity contribution in [2.45, 2.75) is 12.4 Å². The van der Waals surface area contributed by atoms with Crippen molar-refractivity contribution in [2.24, 2.45) is 0 Å². The van der Waals surface area contributed by atoms with Crippen LogP contribution in [0.25, 0.3) is 5.69 Å². The van der Waals surface area contributed by atoms with Crippen molar-refractivity contribution >= 4 is 11.6 Å². The van der Waals surface area contributed by atoms with Crippen LogP contribution in [0.15, 0.2) is 48.8 Å². The molecular formula is C17H12F6N4O. The number of nitrogens with zero attached hydrogens (tertiary/aromatic N) is 3.